The lowest BCUT2D eigenvalue weighted by Gasteiger charge is -2.18. The number of carbonyl (C=O) groups is 2. The molecular weight excluding hydrogens is 390 g/mol. The van der Waals surface area contributed by atoms with Crippen molar-refractivity contribution in [2.24, 2.45) is 5.73 Å². The lowest BCUT2D eigenvalue weighted by Crippen LogP contribution is -2.48. The van der Waals surface area contributed by atoms with Gasteiger partial charge < -0.3 is 31.0 Å². The Bertz CT molecular complexity index is 928. The first-order chi connectivity index (χ1) is 14.0. The molecule has 0 aliphatic carbocycles. The maximum atomic E-state index is 12.5. The second-order valence-electron chi connectivity index (χ2n) is 6.28. The number of H-pyrrole nitrogens is 1. The predicted octanol–water partition coefficient (Wildman–Crippen LogP) is 1.17. The normalized spacial score (nSPS) is 12.4. The van der Waals surface area contributed by atoms with Crippen LogP contribution in [0.2, 0.25) is 0 Å². The molecule has 0 bridgehead atoms. The van der Waals surface area contributed by atoms with Gasteiger partial charge in [-0.3, -0.25) is 0 Å². The number of imidazole rings is 1. The molecule has 3 aromatic rings. The van der Waals surface area contributed by atoms with Crippen LogP contribution < -0.4 is 16.4 Å². The molecular formula is C19H25N7O4. The molecule has 2 amide bonds. The molecule has 2 aromatic heterocycles. The largest absolute Gasteiger partial charge is 0.480 e. The lowest BCUT2D eigenvalue weighted by molar-refractivity contribution is -0.139. The SMILES string of the molecule is C.NCc1noc([C@H](Cc2cnc[nH]2)NC(=O)N[C@@H](Cc2ccccc2)C(=O)O)n1. The number of carboxylic acid groups (broad SMARTS) is 1. The molecule has 6 N–H and O–H groups in total. The number of carbonyl (C=O) groups excluding carboxylic acids is 1. The highest BCUT2D eigenvalue weighted by Crippen LogP contribution is 2.16. The fourth-order valence-corrected chi connectivity index (χ4v) is 2.72. The molecule has 0 spiro atoms. The second-order valence-corrected chi connectivity index (χ2v) is 6.28. The van der Waals surface area contributed by atoms with Crippen molar-refractivity contribution in [2.45, 2.75) is 38.9 Å². The van der Waals surface area contributed by atoms with E-state index in [1.807, 2.05) is 6.07 Å². The zero-order chi connectivity index (χ0) is 20.6. The summed E-state index contributed by atoms with van der Waals surface area (Å²) in [4.78, 5) is 35.1. The molecule has 0 fully saturated rings. The Balaban J connectivity index is 0.00000320. The van der Waals surface area contributed by atoms with E-state index in [0.717, 1.165) is 11.3 Å². The third-order valence-corrected chi connectivity index (χ3v) is 4.13. The van der Waals surface area contributed by atoms with Crippen LogP contribution in [-0.2, 0) is 24.2 Å². The van der Waals surface area contributed by atoms with E-state index in [0.29, 0.717) is 5.82 Å². The topological polar surface area (TPSA) is 172 Å². The van der Waals surface area contributed by atoms with Crippen LogP contribution in [0.1, 0.15) is 36.4 Å². The molecule has 2 heterocycles. The average Bonchev–Trinajstić information content (AvgIpc) is 3.39. The number of nitrogens with one attached hydrogen (secondary N) is 3. The summed E-state index contributed by atoms with van der Waals surface area (Å²) in [5.74, 6) is -0.688. The number of rotatable bonds is 9. The van der Waals surface area contributed by atoms with Crippen LogP contribution in [-0.4, -0.2) is 43.3 Å². The molecule has 3 rings (SSSR count). The van der Waals surface area contributed by atoms with Gasteiger partial charge >= 0.3 is 12.0 Å². The Labute approximate surface area is 173 Å². The molecule has 0 aliphatic rings. The molecule has 11 nitrogen and oxygen atoms in total. The van der Waals surface area contributed by atoms with E-state index < -0.39 is 24.1 Å². The highest BCUT2D eigenvalue weighted by Gasteiger charge is 2.25. The number of benzene rings is 1. The zero-order valence-corrected chi connectivity index (χ0v) is 15.4. The first kappa shape index (κ1) is 22.6. The van der Waals surface area contributed by atoms with Gasteiger partial charge in [0.15, 0.2) is 5.82 Å². The van der Waals surface area contributed by atoms with Gasteiger partial charge in [-0.2, -0.15) is 4.98 Å². The summed E-state index contributed by atoms with van der Waals surface area (Å²) in [6.45, 7) is 0.0879. The molecule has 0 aliphatic heterocycles. The molecule has 2 atom stereocenters. The third kappa shape index (κ3) is 6.14. The van der Waals surface area contributed by atoms with Crippen molar-refractivity contribution in [3.63, 3.8) is 0 Å². The van der Waals surface area contributed by atoms with Gasteiger partial charge in [-0.1, -0.05) is 42.9 Å². The van der Waals surface area contributed by atoms with Gasteiger partial charge in [-0.25, -0.2) is 14.6 Å². The summed E-state index contributed by atoms with van der Waals surface area (Å²) in [6.07, 6.45) is 3.54. The van der Waals surface area contributed by atoms with E-state index in [1.54, 1.807) is 30.5 Å². The van der Waals surface area contributed by atoms with Crippen molar-refractivity contribution in [1.29, 1.82) is 0 Å². The summed E-state index contributed by atoms with van der Waals surface area (Å²) in [5.41, 5.74) is 7.02. The Morgan fingerprint density at radius 2 is 1.97 bits per heavy atom. The molecule has 0 saturated carbocycles. The average molecular weight is 415 g/mol. The number of urea groups is 1. The van der Waals surface area contributed by atoms with Crippen LogP contribution in [0.25, 0.3) is 0 Å². The molecule has 11 heteroatoms. The van der Waals surface area contributed by atoms with E-state index in [2.05, 4.69) is 30.7 Å². The van der Waals surface area contributed by atoms with Crippen molar-refractivity contribution in [3.8, 4) is 0 Å². The van der Waals surface area contributed by atoms with E-state index in [9.17, 15) is 14.7 Å². The van der Waals surface area contributed by atoms with Gasteiger partial charge in [0.1, 0.15) is 12.1 Å². The molecule has 160 valence electrons. The van der Waals surface area contributed by atoms with Crippen molar-refractivity contribution in [1.82, 2.24) is 30.7 Å². The minimum absolute atomic E-state index is 0. The predicted molar refractivity (Wildman–Crippen MR) is 107 cm³/mol. The standard InChI is InChI=1S/C18H21N7O4.CH4/c19-8-15-24-16(29-25-15)13(7-12-9-20-10-21-12)22-18(28)23-14(17(26)27)6-11-4-2-1-3-5-11;/h1-5,9-10,13-14H,6-8,19H2,(H,20,21)(H,26,27)(H2,22,23,28);1H4/t13-,14-;/m0./s1. The summed E-state index contributed by atoms with van der Waals surface area (Å²) in [7, 11) is 0. The first-order valence-corrected chi connectivity index (χ1v) is 8.88. The lowest BCUT2D eigenvalue weighted by atomic mass is 10.1. The molecule has 0 unspecified atom stereocenters. The van der Waals surface area contributed by atoms with Gasteiger partial charge in [0.05, 0.1) is 12.9 Å². The fourth-order valence-electron chi connectivity index (χ4n) is 2.72. The number of nitrogens with zero attached hydrogens (tertiary/aromatic N) is 3. The van der Waals surface area contributed by atoms with E-state index in [4.69, 9.17) is 10.3 Å². The number of nitrogens with two attached hydrogens (primary N) is 1. The summed E-state index contributed by atoms with van der Waals surface area (Å²) >= 11 is 0. The van der Waals surface area contributed by atoms with Crippen LogP contribution in [0.15, 0.2) is 47.4 Å². The quantitative estimate of drug-likeness (QED) is 0.346. The number of amides is 2. The number of aromatic amines is 1. The van der Waals surface area contributed by atoms with Gasteiger partial charge in [0.2, 0.25) is 5.89 Å². The van der Waals surface area contributed by atoms with Gasteiger partial charge in [-0.15, -0.1) is 0 Å². The van der Waals surface area contributed by atoms with E-state index in [-0.39, 0.29) is 32.7 Å². The van der Waals surface area contributed by atoms with Gasteiger partial charge in [0.25, 0.3) is 0 Å². The molecule has 30 heavy (non-hydrogen) atoms. The Hall–Kier alpha value is -3.73. The van der Waals surface area contributed by atoms with Crippen molar-refractivity contribution < 1.29 is 19.2 Å². The van der Waals surface area contributed by atoms with Crippen molar-refractivity contribution >= 4 is 12.0 Å². The monoisotopic (exact) mass is 415 g/mol. The first-order valence-electron chi connectivity index (χ1n) is 8.88. The minimum Gasteiger partial charge on any atom is -0.480 e. The number of aliphatic carboxylic acids is 1. The van der Waals surface area contributed by atoms with E-state index in [1.165, 1.54) is 6.33 Å². The Morgan fingerprint density at radius 1 is 1.20 bits per heavy atom. The Kier molecular flexibility index (Phi) is 8.06. The number of hydrogen-bond donors (Lipinski definition) is 5. The highest BCUT2D eigenvalue weighted by atomic mass is 16.5. The van der Waals surface area contributed by atoms with Crippen molar-refractivity contribution in [2.75, 3.05) is 0 Å². The van der Waals surface area contributed by atoms with Crippen molar-refractivity contribution in [3.05, 3.63) is 65.8 Å². The number of hydrogen-bond acceptors (Lipinski definition) is 7. The van der Waals surface area contributed by atoms with E-state index >= 15 is 0 Å². The molecule has 0 saturated heterocycles. The Morgan fingerprint density at radius 3 is 2.57 bits per heavy atom. The summed E-state index contributed by atoms with van der Waals surface area (Å²) in [5, 5.41) is 18.4. The second kappa shape index (κ2) is 10.7. The van der Waals surface area contributed by atoms with Crippen LogP contribution in [0.5, 0.6) is 0 Å². The number of aromatic nitrogens is 4. The summed E-state index contributed by atoms with van der Waals surface area (Å²) < 4.78 is 5.18. The summed E-state index contributed by atoms with van der Waals surface area (Å²) in [6, 6.07) is 6.55. The smallest absolute Gasteiger partial charge is 0.326 e. The van der Waals surface area contributed by atoms with Crippen LogP contribution in [0.3, 0.4) is 0 Å². The molecule has 1 aromatic carbocycles. The van der Waals surface area contributed by atoms with Crippen LogP contribution in [0.4, 0.5) is 4.79 Å². The van der Waals surface area contributed by atoms with Gasteiger partial charge in [-0.05, 0) is 5.56 Å². The maximum absolute atomic E-state index is 12.5. The highest BCUT2D eigenvalue weighted by molar-refractivity contribution is 5.82. The number of carboxylic acids is 1. The molecule has 0 radical (unpaired) electrons. The maximum Gasteiger partial charge on any atom is 0.326 e. The van der Waals surface area contributed by atoms with Crippen LogP contribution in [0, 0.1) is 0 Å². The van der Waals surface area contributed by atoms with Gasteiger partial charge in [0, 0.05) is 24.7 Å². The third-order valence-electron chi connectivity index (χ3n) is 4.13. The minimum atomic E-state index is -1.14. The zero-order valence-electron chi connectivity index (χ0n) is 15.4. The fraction of sp³-hybridized carbons (Fsp3) is 0.316. The van der Waals surface area contributed by atoms with Crippen LogP contribution >= 0.6 is 0 Å².